The van der Waals surface area contributed by atoms with Crippen LogP contribution < -0.4 is 10.6 Å². The van der Waals surface area contributed by atoms with Crippen LogP contribution in [0.15, 0.2) is 71.7 Å². The Hall–Kier alpha value is -4.79. The predicted octanol–water partition coefficient (Wildman–Crippen LogP) is 4.08. The molecule has 2 aliphatic rings. The number of benzene rings is 2. The maximum atomic E-state index is 14.0. The van der Waals surface area contributed by atoms with Crippen LogP contribution in [-0.4, -0.2) is 25.1 Å². The van der Waals surface area contributed by atoms with E-state index in [4.69, 9.17) is 0 Å². The lowest BCUT2D eigenvalue weighted by Crippen LogP contribution is -2.44. The number of hydrogen-bond donors (Lipinski definition) is 0. The van der Waals surface area contributed by atoms with E-state index in [1.165, 1.54) is 20.5 Å². The molecule has 6 rings (SSSR count). The molecule has 2 aromatic heterocycles. The second-order valence-electron chi connectivity index (χ2n) is 8.95. The third kappa shape index (κ3) is 3.13. The summed E-state index contributed by atoms with van der Waals surface area (Å²) in [6, 6.07) is 16.1. The lowest BCUT2D eigenvalue weighted by atomic mass is 9.96. The molecule has 36 heavy (non-hydrogen) atoms. The molecule has 0 radical (unpaired) electrons. The monoisotopic (exact) mass is 479 g/mol. The van der Waals surface area contributed by atoms with Crippen molar-refractivity contribution >= 4 is 33.9 Å². The minimum atomic E-state index is -0.449. The molecule has 0 atom stereocenters. The highest BCUT2D eigenvalue weighted by atomic mass is 16.6. The number of allylic oxidation sites excluding steroid dienone is 1. The lowest BCUT2D eigenvalue weighted by molar-refractivity contribution is -0.390. The Kier molecular flexibility index (Phi) is 4.75. The summed E-state index contributed by atoms with van der Waals surface area (Å²) in [5.74, 6) is -0.255. The van der Waals surface area contributed by atoms with Crippen LogP contribution in [0.1, 0.15) is 34.6 Å². The lowest BCUT2D eigenvalue weighted by Gasteiger charge is -2.23. The molecule has 1 aliphatic heterocycles. The number of aromatic nitrogens is 3. The number of hydrogen-bond acceptors (Lipinski definition) is 5. The molecule has 9 nitrogen and oxygen atoms in total. The van der Waals surface area contributed by atoms with Gasteiger partial charge in [0.25, 0.3) is 11.5 Å². The van der Waals surface area contributed by atoms with Crippen LogP contribution in [0.5, 0.6) is 0 Å². The fraction of sp³-hybridized carbons (Fsp3) is 0.148. The first kappa shape index (κ1) is 21.7. The molecule has 0 spiro atoms. The van der Waals surface area contributed by atoms with Crippen molar-refractivity contribution in [1.82, 2.24) is 14.2 Å². The summed E-state index contributed by atoms with van der Waals surface area (Å²) in [6.45, 7) is 3.55. The van der Waals surface area contributed by atoms with E-state index in [9.17, 15) is 19.7 Å². The molecule has 4 aromatic rings. The molecular weight excluding hydrogens is 458 g/mol. The topological polar surface area (TPSA) is 103 Å². The minimum absolute atomic E-state index is 0.131. The molecular formula is C27H21N5O4. The Morgan fingerprint density at radius 3 is 2.56 bits per heavy atom. The predicted molar refractivity (Wildman–Crippen MR) is 136 cm³/mol. The number of amides is 1. The highest BCUT2D eigenvalue weighted by Gasteiger charge is 2.39. The Morgan fingerprint density at radius 1 is 1.03 bits per heavy atom. The Morgan fingerprint density at radius 2 is 1.81 bits per heavy atom. The van der Waals surface area contributed by atoms with E-state index in [1.807, 2.05) is 43.3 Å². The van der Waals surface area contributed by atoms with E-state index >= 15 is 0 Å². The molecule has 9 heteroatoms. The number of fused-ring (bicyclic) bond motifs is 1. The first-order chi connectivity index (χ1) is 17.3. The summed E-state index contributed by atoms with van der Waals surface area (Å²) in [5, 5.41) is 13.7. The van der Waals surface area contributed by atoms with Gasteiger partial charge >= 0.3 is 5.82 Å². The highest BCUT2D eigenvalue weighted by Crippen LogP contribution is 2.40. The summed E-state index contributed by atoms with van der Waals surface area (Å²) in [5.41, 5.74) is 3.66. The number of nitro groups is 1. The fourth-order valence-corrected chi connectivity index (χ4v) is 5.04. The van der Waals surface area contributed by atoms with Crippen molar-refractivity contribution in [2.45, 2.75) is 26.7 Å². The van der Waals surface area contributed by atoms with E-state index in [1.54, 1.807) is 31.2 Å². The van der Waals surface area contributed by atoms with Crippen molar-refractivity contribution in [1.29, 1.82) is 0 Å². The van der Waals surface area contributed by atoms with Crippen molar-refractivity contribution in [3.05, 3.63) is 116 Å². The highest BCUT2D eigenvalue weighted by molar-refractivity contribution is 6.26. The first-order valence-electron chi connectivity index (χ1n) is 11.6. The molecule has 0 unspecified atom stereocenters. The number of rotatable bonds is 3. The van der Waals surface area contributed by atoms with Crippen molar-refractivity contribution in [2.75, 3.05) is 5.01 Å². The normalized spacial score (nSPS) is 14.8. The van der Waals surface area contributed by atoms with Crippen LogP contribution in [0.2, 0.25) is 0 Å². The average Bonchev–Trinajstić information content (AvgIpc) is 3.21. The number of carbonyl (C=O) groups excluding carboxylic acids is 1. The van der Waals surface area contributed by atoms with Gasteiger partial charge in [0.2, 0.25) is 0 Å². The van der Waals surface area contributed by atoms with Gasteiger partial charge in [-0.3, -0.25) is 9.59 Å². The van der Waals surface area contributed by atoms with Gasteiger partial charge in [0.05, 0.1) is 22.7 Å². The minimum Gasteiger partial charge on any atom is -0.358 e. The van der Waals surface area contributed by atoms with Gasteiger partial charge in [0.1, 0.15) is 11.5 Å². The van der Waals surface area contributed by atoms with E-state index in [0.29, 0.717) is 52.1 Å². The molecule has 1 amide bonds. The van der Waals surface area contributed by atoms with Crippen LogP contribution in [0, 0.1) is 24.0 Å². The summed E-state index contributed by atoms with van der Waals surface area (Å²) < 4.78 is 2.77. The molecule has 2 aromatic carbocycles. The molecule has 0 bridgehead atoms. The maximum absolute atomic E-state index is 14.0. The molecule has 0 saturated heterocycles. The van der Waals surface area contributed by atoms with E-state index in [0.717, 1.165) is 11.1 Å². The van der Waals surface area contributed by atoms with Gasteiger partial charge in [0.15, 0.2) is 5.70 Å². The standard InChI is InChI=1S/C27H21N5O4/c1-16-11-12-22-21(13-16)27(34)31(17(2)28-22)29-15-23(18-7-4-3-5-8-18)30-24(32(35)36)14-19-9-6-10-20(25(19)30)26(29)33/h3-5,7-8,10-15H,6,9H2,1-2H3. The summed E-state index contributed by atoms with van der Waals surface area (Å²) in [6.07, 6.45) is 4.44. The second kappa shape index (κ2) is 7.88. The molecule has 0 saturated carbocycles. The average molecular weight is 479 g/mol. The smallest absolute Gasteiger partial charge is 0.329 e. The van der Waals surface area contributed by atoms with Gasteiger partial charge in [-0.25, -0.2) is 9.99 Å². The van der Waals surface area contributed by atoms with Crippen LogP contribution in [0.3, 0.4) is 0 Å². The van der Waals surface area contributed by atoms with E-state index in [2.05, 4.69) is 4.98 Å². The summed E-state index contributed by atoms with van der Waals surface area (Å²) in [7, 11) is 0. The molecule has 178 valence electrons. The Labute approximate surface area is 205 Å². The zero-order valence-electron chi connectivity index (χ0n) is 19.6. The van der Waals surface area contributed by atoms with Crippen LogP contribution in [0.25, 0.3) is 22.2 Å². The molecule has 1 aliphatic carbocycles. The SMILES string of the molecule is Cc1ccc2nc(C)n(N3C=C(c4ccccc4)n4c([N+](=O)[O-])cc5c4C(=CCC5)C3=O)c(=O)c2c1. The van der Waals surface area contributed by atoms with Gasteiger partial charge in [0, 0.05) is 17.2 Å². The molecule has 3 heterocycles. The third-order valence-electron chi connectivity index (χ3n) is 6.64. The van der Waals surface area contributed by atoms with Crippen LogP contribution >= 0.6 is 0 Å². The van der Waals surface area contributed by atoms with Gasteiger partial charge in [-0.1, -0.05) is 48.0 Å². The Balaban J connectivity index is 1.71. The van der Waals surface area contributed by atoms with Crippen molar-refractivity contribution in [3.63, 3.8) is 0 Å². The molecule has 0 N–H and O–H groups in total. The van der Waals surface area contributed by atoms with E-state index in [-0.39, 0.29) is 5.82 Å². The Bertz CT molecular complexity index is 1730. The quantitative estimate of drug-likeness (QED) is 0.325. The fourth-order valence-electron chi connectivity index (χ4n) is 5.04. The van der Waals surface area contributed by atoms with Crippen molar-refractivity contribution in [3.8, 4) is 0 Å². The third-order valence-corrected chi connectivity index (χ3v) is 6.64. The number of aryl methyl sites for hydroxylation is 3. The van der Waals surface area contributed by atoms with Gasteiger partial charge < -0.3 is 10.1 Å². The number of nitrogens with zero attached hydrogens (tertiary/aromatic N) is 5. The first-order valence-corrected chi connectivity index (χ1v) is 11.6. The van der Waals surface area contributed by atoms with Crippen molar-refractivity contribution in [2.24, 2.45) is 0 Å². The largest absolute Gasteiger partial charge is 0.358 e. The zero-order valence-corrected chi connectivity index (χ0v) is 19.6. The van der Waals surface area contributed by atoms with Crippen LogP contribution in [-0.2, 0) is 11.2 Å². The zero-order chi connectivity index (χ0) is 25.1. The summed E-state index contributed by atoms with van der Waals surface area (Å²) >= 11 is 0. The molecule has 0 fully saturated rings. The second-order valence-corrected chi connectivity index (χ2v) is 8.95. The van der Waals surface area contributed by atoms with Gasteiger partial charge in [-0.15, -0.1) is 0 Å². The van der Waals surface area contributed by atoms with Gasteiger partial charge in [-0.2, -0.15) is 9.24 Å². The van der Waals surface area contributed by atoms with Gasteiger partial charge in [-0.05, 0) is 43.7 Å². The van der Waals surface area contributed by atoms with Crippen molar-refractivity contribution < 1.29 is 9.72 Å². The van der Waals surface area contributed by atoms with E-state index < -0.39 is 16.4 Å². The number of carbonyl (C=O) groups is 1. The summed E-state index contributed by atoms with van der Waals surface area (Å²) in [4.78, 5) is 44.0. The maximum Gasteiger partial charge on any atom is 0.329 e. The van der Waals surface area contributed by atoms with Crippen LogP contribution in [0.4, 0.5) is 5.82 Å².